The van der Waals surface area contributed by atoms with Crippen LogP contribution >= 0.6 is 0 Å². The van der Waals surface area contributed by atoms with Gasteiger partial charge >= 0.3 is 12.0 Å². The number of aromatic nitrogens is 1. The van der Waals surface area contributed by atoms with E-state index in [-0.39, 0.29) is 6.54 Å². The SMILES string of the molecule is Cc1cccnc1CNC(=O)N(C)C(C)C(=O)O. The van der Waals surface area contributed by atoms with E-state index in [0.29, 0.717) is 0 Å². The van der Waals surface area contributed by atoms with Crippen molar-refractivity contribution in [2.24, 2.45) is 0 Å². The monoisotopic (exact) mass is 251 g/mol. The number of aryl methyl sites for hydroxylation is 1. The van der Waals surface area contributed by atoms with Crippen LogP contribution in [0.1, 0.15) is 18.2 Å². The van der Waals surface area contributed by atoms with Gasteiger partial charge in [0.05, 0.1) is 12.2 Å². The van der Waals surface area contributed by atoms with Crippen LogP contribution in [0.4, 0.5) is 4.79 Å². The fourth-order valence-corrected chi connectivity index (χ4v) is 1.33. The third-order valence-electron chi connectivity index (χ3n) is 2.78. The molecular formula is C12H17N3O3. The highest BCUT2D eigenvalue weighted by atomic mass is 16.4. The van der Waals surface area contributed by atoms with Gasteiger partial charge in [0.2, 0.25) is 0 Å². The highest BCUT2D eigenvalue weighted by molar-refractivity contribution is 5.82. The lowest BCUT2D eigenvalue weighted by atomic mass is 10.2. The molecule has 0 saturated heterocycles. The van der Waals surface area contributed by atoms with Crippen molar-refractivity contribution >= 4 is 12.0 Å². The standard InChI is InChI=1S/C12H17N3O3/c1-8-5-4-6-13-10(8)7-14-12(18)15(3)9(2)11(16)17/h4-6,9H,7H2,1-3H3,(H,14,18)(H,16,17). The van der Waals surface area contributed by atoms with Gasteiger partial charge in [-0.3, -0.25) is 4.98 Å². The quantitative estimate of drug-likeness (QED) is 0.836. The van der Waals surface area contributed by atoms with Gasteiger partial charge < -0.3 is 15.3 Å². The summed E-state index contributed by atoms with van der Waals surface area (Å²) in [6.07, 6.45) is 1.65. The van der Waals surface area contributed by atoms with Crippen molar-refractivity contribution in [3.8, 4) is 0 Å². The van der Waals surface area contributed by atoms with Gasteiger partial charge in [-0.15, -0.1) is 0 Å². The van der Waals surface area contributed by atoms with Crippen LogP contribution < -0.4 is 5.32 Å². The summed E-state index contributed by atoms with van der Waals surface area (Å²) in [6, 6.07) is 2.42. The van der Waals surface area contributed by atoms with Crippen molar-refractivity contribution in [1.82, 2.24) is 15.2 Å². The van der Waals surface area contributed by atoms with Crippen LogP contribution in [0.2, 0.25) is 0 Å². The molecule has 18 heavy (non-hydrogen) atoms. The van der Waals surface area contributed by atoms with E-state index in [1.54, 1.807) is 6.20 Å². The first kappa shape index (κ1) is 14.0. The molecule has 0 aromatic carbocycles. The average molecular weight is 251 g/mol. The van der Waals surface area contributed by atoms with E-state index < -0.39 is 18.0 Å². The van der Waals surface area contributed by atoms with Gasteiger partial charge in [0.25, 0.3) is 0 Å². The molecule has 98 valence electrons. The number of hydrogen-bond donors (Lipinski definition) is 2. The molecule has 1 aromatic heterocycles. The lowest BCUT2D eigenvalue weighted by Gasteiger charge is -2.21. The van der Waals surface area contributed by atoms with Crippen LogP contribution in [0.3, 0.4) is 0 Å². The first-order valence-electron chi connectivity index (χ1n) is 5.57. The van der Waals surface area contributed by atoms with Gasteiger partial charge in [-0.05, 0) is 25.5 Å². The number of urea groups is 1. The fourth-order valence-electron chi connectivity index (χ4n) is 1.33. The van der Waals surface area contributed by atoms with Crippen LogP contribution in [0, 0.1) is 6.92 Å². The molecule has 0 aliphatic carbocycles. The van der Waals surface area contributed by atoms with Gasteiger partial charge in [0.1, 0.15) is 6.04 Å². The second kappa shape index (κ2) is 6.00. The zero-order valence-electron chi connectivity index (χ0n) is 10.7. The number of rotatable bonds is 4. The maximum Gasteiger partial charge on any atom is 0.326 e. The fraction of sp³-hybridized carbons (Fsp3) is 0.417. The number of amides is 2. The van der Waals surface area contributed by atoms with Crippen molar-refractivity contribution in [2.75, 3.05) is 7.05 Å². The summed E-state index contributed by atoms with van der Waals surface area (Å²) in [5.41, 5.74) is 1.74. The van der Waals surface area contributed by atoms with Gasteiger partial charge in [-0.1, -0.05) is 6.07 Å². The molecule has 2 amide bonds. The number of nitrogens with one attached hydrogen (secondary N) is 1. The van der Waals surface area contributed by atoms with E-state index in [0.717, 1.165) is 16.2 Å². The van der Waals surface area contributed by atoms with Gasteiger partial charge in [-0.25, -0.2) is 9.59 Å². The van der Waals surface area contributed by atoms with Crippen LogP contribution in [0.25, 0.3) is 0 Å². The summed E-state index contributed by atoms with van der Waals surface area (Å²) >= 11 is 0. The number of pyridine rings is 1. The number of aliphatic carboxylic acids is 1. The number of hydrogen-bond acceptors (Lipinski definition) is 3. The van der Waals surface area contributed by atoms with E-state index in [2.05, 4.69) is 10.3 Å². The highest BCUT2D eigenvalue weighted by Crippen LogP contribution is 2.03. The number of carbonyl (C=O) groups is 2. The number of carboxylic acids is 1. The minimum atomic E-state index is -1.04. The molecule has 0 bridgehead atoms. The first-order valence-corrected chi connectivity index (χ1v) is 5.57. The molecule has 1 rings (SSSR count). The topological polar surface area (TPSA) is 82.5 Å². The number of carbonyl (C=O) groups excluding carboxylic acids is 1. The van der Waals surface area contributed by atoms with Gasteiger partial charge in [0, 0.05) is 13.2 Å². The lowest BCUT2D eigenvalue weighted by Crippen LogP contribution is -2.45. The van der Waals surface area contributed by atoms with E-state index >= 15 is 0 Å². The Morgan fingerprint density at radius 1 is 1.56 bits per heavy atom. The molecule has 0 radical (unpaired) electrons. The molecule has 0 fully saturated rings. The Morgan fingerprint density at radius 3 is 2.78 bits per heavy atom. The van der Waals surface area contributed by atoms with Crippen molar-refractivity contribution in [2.45, 2.75) is 26.4 Å². The predicted molar refractivity (Wildman–Crippen MR) is 66.1 cm³/mol. The van der Waals surface area contributed by atoms with E-state index in [1.165, 1.54) is 14.0 Å². The van der Waals surface area contributed by atoms with E-state index in [1.807, 2.05) is 19.1 Å². The number of carboxylic acid groups (broad SMARTS) is 1. The second-order valence-electron chi connectivity index (χ2n) is 4.05. The maximum absolute atomic E-state index is 11.7. The van der Waals surface area contributed by atoms with Crippen molar-refractivity contribution in [3.05, 3.63) is 29.6 Å². The summed E-state index contributed by atoms with van der Waals surface area (Å²) < 4.78 is 0. The van der Waals surface area contributed by atoms with Crippen LogP contribution in [0.5, 0.6) is 0 Å². The number of nitrogens with zero attached hydrogens (tertiary/aromatic N) is 2. The first-order chi connectivity index (χ1) is 8.43. The van der Waals surface area contributed by atoms with Gasteiger partial charge in [-0.2, -0.15) is 0 Å². The van der Waals surface area contributed by atoms with Crippen molar-refractivity contribution in [1.29, 1.82) is 0 Å². The average Bonchev–Trinajstić information content (AvgIpc) is 2.35. The Kier molecular flexibility index (Phi) is 4.65. The van der Waals surface area contributed by atoms with Gasteiger partial charge in [0.15, 0.2) is 0 Å². The minimum Gasteiger partial charge on any atom is -0.480 e. The third kappa shape index (κ3) is 3.44. The zero-order valence-corrected chi connectivity index (χ0v) is 10.7. The van der Waals surface area contributed by atoms with E-state index in [4.69, 9.17) is 5.11 Å². The Labute approximate surface area is 106 Å². The Bertz CT molecular complexity index is 448. The van der Waals surface area contributed by atoms with E-state index in [9.17, 15) is 9.59 Å². The summed E-state index contributed by atoms with van der Waals surface area (Å²) in [7, 11) is 1.44. The molecule has 1 unspecified atom stereocenters. The Hall–Kier alpha value is -2.11. The second-order valence-corrected chi connectivity index (χ2v) is 4.05. The molecule has 0 spiro atoms. The Morgan fingerprint density at radius 2 is 2.22 bits per heavy atom. The van der Waals surface area contributed by atoms with Crippen LogP contribution in [0.15, 0.2) is 18.3 Å². The molecule has 1 heterocycles. The highest BCUT2D eigenvalue weighted by Gasteiger charge is 2.21. The molecule has 1 atom stereocenters. The molecule has 0 aliphatic rings. The normalized spacial score (nSPS) is 11.7. The molecule has 0 saturated carbocycles. The minimum absolute atomic E-state index is 0.280. The summed E-state index contributed by atoms with van der Waals surface area (Å²) in [5, 5.41) is 11.4. The van der Waals surface area contributed by atoms with Crippen molar-refractivity contribution in [3.63, 3.8) is 0 Å². The van der Waals surface area contributed by atoms with Crippen LogP contribution in [-0.4, -0.2) is 40.1 Å². The smallest absolute Gasteiger partial charge is 0.326 e. The predicted octanol–water partition coefficient (Wildman–Crippen LogP) is 1.00. The maximum atomic E-state index is 11.7. The summed E-state index contributed by atoms with van der Waals surface area (Å²) in [5.74, 6) is -1.04. The number of likely N-dealkylation sites (N-methyl/N-ethyl adjacent to an activating group) is 1. The molecule has 6 heteroatoms. The largest absolute Gasteiger partial charge is 0.480 e. The summed E-state index contributed by atoms with van der Waals surface area (Å²) in [4.78, 5) is 27.7. The van der Waals surface area contributed by atoms with Crippen LogP contribution in [-0.2, 0) is 11.3 Å². The molecule has 6 nitrogen and oxygen atoms in total. The molecule has 2 N–H and O–H groups in total. The molecule has 1 aromatic rings. The summed E-state index contributed by atoms with van der Waals surface area (Å²) in [6.45, 7) is 3.63. The Balaban J connectivity index is 2.56. The molecular weight excluding hydrogens is 234 g/mol. The van der Waals surface area contributed by atoms with Crippen molar-refractivity contribution < 1.29 is 14.7 Å². The third-order valence-corrected chi connectivity index (χ3v) is 2.78. The zero-order chi connectivity index (χ0) is 13.7. The molecule has 0 aliphatic heterocycles. The lowest BCUT2D eigenvalue weighted by molar-refractivity contribution is -0.141.